The van der Waals surface area contributed by atoms with Crippen LogP contribution in [0.25, 0.3) is 22.0 Å². The number of hydrogen-bond acceptors (Lipinski definition) is 5. The molecule has 0 spiro atoms. The lowest BCUT2D eigenvalue weighted by atomic mass is 10.0. The molecule has 0 atom stereocenters. The number of pyridine rings is 1. The molecule has 140 valence electrons. The average Bonchev–Trinajstić information content (AvgIpc) is 2.68. The number of nitrogens with zero attached hydrogens (tertiary/aromatic N) is 3. The number of nitrogen functional groups attached to an aromatic ring is 1. The van der Waals surface area contributed by atoms with Crippen LogP contribution in [-0.4, -0.2) is 14.5 Å². The van der Waals surface area contributed by atoms with Crippen molar-refractivity contribution in [3.8, 4) is 22.8 Å². The van der Waals surface area contributed by atoms with E-state index in [4.69, 9.17) is 10.5 Å². The fourth-order valence-corrected chi connectivity index (χ4v) is 2.93. The van der Waals surface area contributed by atoms with Crippen molar-refractivity contribution in [2.45, 2.75) is 0 Å². The van der Waals surface area contributed by atoms with Gasteiger partial charge in [-0.25, -0.2) is 18.7 Å². The highest BCUT2D eigenvalue weighted by Crippen LogP contribution is 2.35. The molecular weight excluding hydrogens is 366 g/mol. The fraction of sp³-hybridized carbons (Fsp3) is 0.0500. The van der Waals surface area contributed by atoms with Crippen LogP contribution < -0.4 is 16.0 Å². The molecule has 0 saturated carbocycles. The fourth-order valence-electron chi connectivity index (χ4n) is 2.93. The lowest BCUT2D eigenvalue weighted by molar-refractivity contribution is 0.436. The van der Waals surface area contributed by atoms with Crippen LogP contribution in [0.15, 0.2) is 59.7 Å². The summed E-state index contributed by atoms with van der Waals surface area (Å²) in [6, 6.07) is 9.98. The first-order valence-electron chi connectivity index (χ1n) is 8.28. The molecule has 4 rings (SSSR count). The van der Waals surface area contributed by atoms with Crippen LogP contribution in [-0.2, 0) is 7.05 Å². The Balaban J connectivity index is 1.94. The van der Waals surface area contributed by atoms with Crippen molar-refractivity contribution < 1.29 is 13.5 Å². The van der Waals surface area contributed by atoms with Crippen LogP contribution in [0.2, 0.25) is 0 Å². The number of nitrogens with two attached hydrogens (primary N) is 1. The third-order valence-corrected chi connectivity index (χ3v) is 4.23. The maximum absolute atomic E-state index is 14.0. The van der Waals surface area contributed by atoms with Crippen molar-refractivity contribution in [3.05, 3.63) is 76.8 Å². The predicted molar refractivity (Wildman–Crippen MR) is 101 cm³/mol. The molecule has 2 aromatic carbocycles. The molecule has 0 aliphatic carbocycles. The number of aromatic nitrogens is 3. The van der Waals surface area contributed by atoms with E-state index in [2.05, 4.69) is 9.97 Å². The molecule has 0 bridgehead atoms. The summed E-state index contributed by atoms with van der Waals surface area (Å²) in [5, 5.41) is 1.12. The largest absolute Gasteiger partial charge is 0.450 e. The van der Waals surface area contributed by atoms with Gasteiger partial charge in [-0.3, -0.25) is 4.79 Å². The normalized spacial score (nSPS) is 11.0. The van der Waals surface area contributed by atoms with Crippen molar-refractivity contribution in [2.24, 2.45) is 7.05 Å². The number of aryl methyl sites for hydroxylation is 1. The highest BCUT2D eigenvalue weighted by molar-refractivity contribution is 5.96. The number of rotatable bonds is 3. The van der Waals surface area contributed by atoms with Crippen molar-refractivity contribution >= 4 is 16.7 Å². The van der Waals surface area contributed by atoms with Gasteiger partial charge in [-0.05, 0) is 23.6 Å². The second-order valence-corrected chi connectivity index (χ2v) is 6.12. The van der Waals surface area contributed by atoms with E-state index in [0.29, 0.717) is 16.3 Å². The highest BCUT2D eigenvalue weighted by Gasteiger charge is 2.17. The maximum Gasteiger partial charge on any atom is 0.258 e. The Bertz CT molecular complexity index is 1270. The Kier molecular flexibility index (Phi) is 4.23. The quantitative estimate of drug-likeness (QED) is 0.587. The number of hydrogen-bond donors (Lipinski definition) is 1. The van der Waals surface area contributed by atoms with E-state index in [1.165, 1.54) is 16.8 Å². The van der Waals surface area contributed by atoms with Gasteiger partial charge < -0.3 is 15.0 Å². The van der Waals surface area contributed by atoms with Crippen molar-refractivity contribution in [1.29, 1.82) is 0 Å². The van der Waals surface area contributed by atoms with E-state index in [-0.39, 0.29) is 28.7 Å². The van der Waals surface area contributed by atoms with Crippen molar-refractivity contribution in [3.63, 3.8) is 0 Å². The van der Waals surface area contributed by atoms with Crippen LogP contribution in [0, 0.1) is 11.6 Å². The predicted octanol–water partition coefficient (Wildman–Crippen LogP) is 3.65. The summed E-state index contributed by atoms with van der Waals surface area (Å²) in [4.78, 5) is 20.6. The highest BCUT2D eigenvalue weighted by atomic mass is 19.1. The Morgan fingerprint density at radius 1 is 1.07 bits per heavy atom. The molecule has 6 nitrogen and oxygen atoms in total. The van der Waals surface area contributed by atoms with Gasteiger partial charge in [0.25, 0.3) is 5.56 Å². The number of ether oxygens (including phenoxy) is 1. The van der Waals surface area contributed by atoms with Crippen LogP contribution >= 0.6 is 0 Å². The van der Waals surface area contributed by atoms with Gasteiger partial charge in [-0.2, -0.15) is 0 Å². The van der Waals surface area contributed by atoms with E-state index < -0.39 is 11.6 Å². The first-order valence-corrected chi connectivity index (χ1v) is 8.28. The van der Waals surface area contributed by atoms with E-state index in [9.17, 15) is 13.6 Å². The smallest absolute Gasteiger partial charge is 0.258 e. The number of anilines is 1. The van der Waals surface area contributed by atoms with Crippen LogP contribution in [0.5, 0.6) is 11.5 Å². The monoisotopic (exact) mass is 380 g/mol. The molecule has 0 fully saturated rings. The Morgan fingerprint density at radius 3 is 2.57 bits per heavy atom. The molecule has 0 aliphatic heterocycles. The molecule has 0 unspecified atom stereocenters. The number of fused-ring (bicyclic) bond motifs is 1. The van der Waals surface area contributed by atoms with Crippen LogP contribution in [0.3, 0.4) is 0 Å². The summed E-state index contributed by atoms with van der Waals surface area (Å²) in [7, 11) is 1.61. The average molecular weight is 380 g/mol. The SMILES string of the molecule is Cn1cc(-c2nc(N)ncc2Oc2ccc(F)cc2F)c2ccccc2c1=O. The third-order valence-electron chi connectivity index (χ3n) is 4.23. The minimum atomic E-state index is -0.868. The number of benzene rings is 2. The summed E-state index contributed by atoms with van der Waals surface area (Å²) >= 11 is 0. The molecule has 28 heavy (non-hydrogen) atoms. The lowest BCUT2D eigenvalue weighted by Crippen LogP contribution is -2.16. The summed E-state index contributed by atoms with van der Waals surface area (Å²) in [5.41, 5.74) is 6.42. The van der Waals surface area contributed by atoms with Gasteiger partial charge in [0.05, 0.1) is 6.20 Å². The second-order valence-electron chi connectivity index (χ2n) is 6.12. The molecule has 0 radical (unpaired) electrons. The molecule has 2 heterocycles. The zero-order chi connectivity index (χ0) is 19.8. The van der Waals surface area contributed by atoms with Gasteiger partial charge in [0.2, 0.25) is 5.95 Å². The summed E-state index contributed by atoms with van der Waals surface area (Å²) in [6.07, 6.45) is 2.90. The molecule has 2 aromatic heterocycles. The molecule has 0 amide bonds. The Hall–Kier alpha value is -3.81. The molecule has 0 aliphatic rings. The Morgan fingerprint density at radius 2 is 1.82 bits per heavy atom. The van der Waals surface area contributed by atoms with Crippen LogP contribution in [0.4, 0.5) is 14.7 Å². The maximum atomic E-state index is 14.0. The minimum Gasteiger partial charge on any atom is -0.450 e. The van der Waals surface area contributed by atoms with Crippen LogP contribution in [0.1, 0.15) is 0 Å². The molecule has 8 heteroatoms. The first-order chi connectivity index (χ1) is 13.4. The van der Waals surface area contributed by atoms with Gasteiger partial charge >= 0.3 is 0 Å². The number of halogens is 2. The summed E-state index contributed by atoms with van der Waals surface area (Å²) in [5.74, 6) is -1.68. The lowest BCUT2D eigenvalue weighted by Gasteiger charge is -2.14. The van der Waals surface area contributed by atoms with Gasteiger partial charge in [-0.1, -0.05) is 18.2 Å². The molecule has 2 N–H and O–H groups in total. The summed E-state index contributed by atoms with van der Waals surface area (Å²) in [6.45, 7) is 0. The topological polar surface area (TPSA) is 83.0 Å². The molecular formula is C20H14F2N4O2. The summed E-state index contributed by atoms with van der Waals surface area (Å²) < 4.78 is 34.2. The first kappa shape index (κ1) is 17.6. The molecule has 4 aromatic rings. The minimum absolute atomic E-state index is 0.0140. The van der Waals surface area contributed by atoms with Gasteiger partial charge in [-0.15, -0.1) is 0 Å². The van der Waals surface area contributed by atoms with Crippen molar-refractivity contribution in [2.75, 3.05) is 5.73 Å². The zero-order valence-corrected chi connectivity index (χ0v) is 14.7. The van der Waals surface area contributed by atoms with Crippen molar-refractivity contribution in [1.82, 2.24) is 14.5 Å². The van der Waals surface area contributed by atoms with E-state index in [1.807, 2.05) is 0 Å². The van der Waals surface area contributed by atoms with Gasteiger partial charge in [0.1, 0.15) is 11.5 Å². The molecule has 0 saturated heterocycles. The van der Waals surface area contributed by atoms with E-state index in [0.717, 1.165) is 12.1 Å². The van der Waals surface area contributed by atoms with Gasteiger partial charge in [0.15, 0.2) is 17.3 Å². The third kappa shape index (κ3) is 3.05. The zero-order valence-electron chi connectivity index (χ0n) is 14.7. The van der Waals surface area contributed by atoms with Gasteiger partial charge in [0, 0.05) is 30.3 Å². The Labute approximate surface area is 157 Å². The van der Waals surface area contributed by atoms with E-state index >= 15 is 0 Å². The van der Waals surface area contributed by atoms with E-state index in [1.54, 1.807) is 37.5 Å². The second kappa shape index (κ2) is 6.73. The standard InChI is InChI=1S/C20H14F2N4O2/c1-26-10-14(12-4-2-3-5-13(12)19(26)27)18-17(9-24-20(23)25-18)28-16-7-6-11(21)8-15(16)22/h2-10H,1H3,(H2,23,24,25).